The van der Waals surface area contributed by atoms with E-state index in [1.54, 1.807) is 0 Å². The van der Waals surface area contributed by atoms with E-state index in [2.05, 4.69) is 127 Å². The van der Waals surface area contributed by atoms with Crippen LogP contribution in [0.4, 0.5) is 0 Å². The first-order valence-electron chi connectivity index (χ1n) is 11.5. The first-order chi connectivity index (χ1) is 15.8. The van der Waals surface area contributed by atoms with Crippen molar-refractivity contribution >= 4 is 53.2 Å². The van der Waals surface area contributed by atoms with Gasteiger partial charge in [0.15, 0.2) is 0 Å². The predicted octanol–water partition coefficient (Wildman–Crippen LogP) is 10.5. The van der Waals surface area contributed by atoms with Crippen molar-refractivity contribution in [2.75, 3.05) is 0 Å². The second-order valence-electron chi connectivity index (χ2n) is 9.13. The summed E-state index contributed by atoms with van der Waals surface area (Å²) in [5.74, 6) is 0.626. The molecule has 0 amide bonds. The molecule has 0 aromatic heterocycles. The zero-order valence-corrected chi connectivity index (χ0v) is 28.5. The van der Waals surface area contributed by atoms with Crippen LogP contribution < -0.4 is 0 Å². The Balaban J connectivity index is 0. The molecule has 0 bridgehead atoms. The summed E-state index contributed by atoms with van der Waals surface area (Å²) in [5, 5.41) is 5.60. The number of benzene rings is 3. The van der Waals surface area contributed by atoms with E-state index in [0.29, 0.717) is 5.92 Å². The first kappa shape index (κ1) is 37.7. The second kappa shape index (κ2) is 17.2. The maximum atomic E-state index is 3.06. The summed E-state index contributed by atoms with van der Waals surface area (Å²) in [6.45, 7) is 16.3. The van der Waals surface area contributed by atoms with Crippen LogP contribution in [0, 0.1) is 42.5 Å². The maximum absolute atomic E-state index is 3.06. The minimum absolute atomic E-state index is 0. The Kier molecular flexibility index (Phi) is 17.5. The van der Waals surface area contributed by atoms with Gasteiger partial charge in [-0.25, -0.2) is 0 Å². The Morgan fingerprint density at radius 3 is 1.70 bits per heavy atom. The summed E-state index contributed by atoms with van der Waals surface area (Å²) < 4.78 is 0. The third kappa shape index (κ3) is 8.79. The van der Waals surface area contributed by atoms with Crippen molar-refractivity contribution in [1.29, 1.82) is 0 Å². The van der Waals surface area contributed by atoms with E-state index in [0.717, 1.165) is 0 Å². The quantitative estimate of drug-likeness (QED) is 0.135. The normalized spacial score (nSPS) is 9.46. The van der Waals surface area contributed by atoms with Crippen LogP contribution in [0.2, 0.25) is 0 Å². The summed E-state index contributed by atoms with van der Waals surface area (Å²) >= 11 is 1.36. The van der Waals surface area contributed by atoms with E-state index in [1.807, 2.05) is 0 Å². The van der Waals surface area contributed by atoms with Gasteiger partial charge in [-0.15, -0.1) is 92.9 Å². The molecule has 37 heavy (non-hydrogen) atoms. The number of hydrogen-bond acceptors (Lipinski definition) is 0. The SMILES string of the molecule is Cc1cc2c(-c3ccccc3)ccc(C)c2[cH-]1.Cc1ccc(C)c2[cH-]c(C(C)C)cc12.Cl.Cl.[CH3-].[CH3-].[Si]=[Zr]. The van der Waals surface area contributed by atoms with Gasteiger partial charge in [-0.1, -0.05) is 88.2 Å². The molecule has 0 atom stereocenters. The molecule has 0 saturated heterocycles. The summed E-state index contributed by atoms with van der Waals surface area (Å²) in [5.41, 5.74) is 9.55. The van der Waals surface area contributed by atoms with Gasteiger partial charge in [0.2, 0.25) is 0 Å². The molecule has 0 aliphatic heterocycles. The van der Waals surface area contributed by atoms with Crippen LogP contribution in [0.25, 0.3) is 32.7 Å². The van der Waals surface area contributed by atoms with Gasteiger partial charge in [0.1, 0.15) is 0 Å². The van der Waals surface area contributed by atoms with Crippen molar-refractivity contribution in [1.82, 2.24) is 0 Å². The fraction of sp³-hybridized carbons (Fsp3) is 0.212. The molecule has 0 spiro atoms. The van der Waals surface area contributed by atoms with Crippen LogP contribution in [0.15, 0.2) is 78.9 Å². The van der Waals surface area contributed by atoms with Crippen molar-refractivity contribution < 1.29 is 23.3 Å². The molecule has 0 unspecified atom stereocenters. The molecular weight excluding hydrogens is 587 g/mol. The fourth-order valence-electron chi connectivity index (χ4n) is 4.40. The zero-order valence-electron chi connectivity index (χ0n) is 23.4. The average Bonchev–Trinajstić information content (AvgIpc) is 3.45. The summed E-state index contributed by atoms with van der Waals surface area (Å²) in [7, 11) is 0. The minimum atomic E-state index is 0. The fourth-order valence-corrected chi connectivity index (χ4v) is 4.40. The summed E-state index contributed by atoms with van der Waals surface area (Å²) in [4.78, 5) is 0. The molecular formula is C33H40Cl2SiZr-4. The number of aryl methyl sites for hydroxylation is 4. The van der Waals surface area contributed by atoms with Crippen molar-refractivity contribution in [3.05, 3.63) is 122 Å². The first-order valence-corrected chi connectivity index (χ1v) is 15.7. The molecule has 5 aromatic rings. The predicted molar refractivity (Wildman–Crippen MR) is 171 cm³/mol. The van der Waals surface area contributed by atoms with Gasteiger partial charge >= 0.3 is 30.2 Å². The van der Waals surface area contributed by atoms with Crippen LogP contribution in [-0.4, -0.2) is 6.88 Å². The molecule has 5 aromatic carbocycles. The molecule has 0 aliphatic carbocycles. The van der Waals surface area contributed by atoms with Gasteiger partial charge in [-0.2, -0.15) is 12.1 Å². The second-order valence-corrected chi connectivity index (χ2v) is 9.13. The molecule has 198 valence electrons. The average molecular weight is 627 g/mol. The van der Waals surface area contributed by atoms with Gasteiger partial charge < -0.3 is 14.9 Å². The third-order valence-electron chi connectivity index (χ3n) is 6.35. The Hall–Kier alpha value is -1.44. The topological polar surface area (TPSA) is 0 Å². The van der Waals surface area contributed by atoms with E-state index < -0.39 is 0 Å². The Bertz CT molecular complexity index is 1320. The van der Waals surface area contributed by atoms with E-state index in [1.165, 1.54) is 83.8 Å². The van der Waals surface area contributed by atoms with E-state index in [-0.39, 0.29) is 39.7 Å². The Labute approximate surface area is 255 Å². The van der Waals surface area contributed by atoms with Crippen LogP contribution >= 0.6 is 24.8 Å². The Morgan fingerprint density at radius 2 is 1.16 bits per heavy atom. The molecule has 0 aliphatic rings. The van der Waals surface area contributed by atoms with Gasteiger partial charge in [-0.05, 0) is 18.4 Å². The molecule has 4 heteroatoms. The standard InChI is InChI=1S/C17H15.C14H17.2CH3.2ClH.Si.Zr/c1-12-10-16-13(2)8-9-15(17(16)11-12)14-6-4-3-5-7-14;1-9(2)12-7-13-10(3)5-6-11(4)14(13)8-12;;;;;;/h3-11H,1-2H3;5-9H,1-4H3;2*1H3;2*1H;;/q4*-1;;;;. The van der Waals surface area contributed by atoms with Crippen molar-refractivity contribution in [3.8, 4) is 11.1 Å². The molecule has 2 radical (unpaired) electrons. The number of hydrogen-bond donors (Lipinski definition) is 0. The zero-order chi connectivity index (χ0) is 24.1. The van der Waals surface area contributed by atoms with Crippen LogP contribution in [0.5, 0.6) is 0 Å². The van der Waals surface area contributed by atoms with Crippen LogP contribution in [0.3, 0.4) is 0 Å². The van der Waals surface area contributed by atoms with E-state index in [4.69, 9.17) is 0 Å². The van der Waals surface area contributed by atoms with Crippen molar-refractivity contribution in [3.63, 3.8) is 0 Å². The molecule has 5 rings (SSSR count). The summed E-state index contributed by atoms with van der Waals surface area (Å²) in [6.07, 6.45) is 0. The van der Waals surface area contributed by atoms with Gasteiger partial charge in [0.05, 0.1) is 0 Å². The third-order valence-corrected chi connectivity index (χ3v) is 6.35. The molecule has 0 fully saturated rings. The van der Waals surface area contributed by atoms with Gasteiger partial charge in [-0.3, -0.25) is 0 Å². The summed E-state index contributed by atoms with van der Waals surface area (Å²) in [6, 6.07) is 28.7. The molecule has 0 nitrogen and oxygen atoms in total. The molecule has 0 heterocycles. The monoisotopic (exact) mass is 624 g/mol. The number of fused-ring (bicyclic) bond motifs is 2. The van der Waals surface area contributed by atoms with E-state index >= 15 is 0 Å². The number of rotatable bonds is 2. The van der Waals surface area contributed by atoms with E-state index in [9.17, 15) is 0 Å². The van der Waals surface area contributed by atoms with Crippen LogP contribution in [-0.2, 0) is 23.3 Å². The van der Waals surface area contributed by atoms with Crippen LogP contribution in [0.1, 0.15) is 47.6 Å². The van der Waals surface area contributed by atoms with Gasteiger partial charge in [0, 0.05) is 0 Å². The van der Waals surface area contributed by atoms with Crippen molar-refractivity contribution in [2.24, 2.45) is 0 Å². The molecule has 0 N–H and O–H groups in total. The van der Waals surface area contributed by atoms with Crippen molar-refractivity contribution in [2.45, 2.75) is 47.5 Å². The van der Waals surface area contributed by atoms with Gasteiger partial charge in [0.25, 0.3) is 0 Å². The number of halogens is 2. The molecule has 0 saturated carbocycles. The Morgan fingerprint density at radius 1 is 0.649 bits per heavy atom.